The van der Waals surface area contributed by atoms with E-state index >= 15 is 0 Å². The Morgan fingerprint density at radius 3 is 2.54 bits per heavy atom. The highest BCUT2D eigenvalue weighted by atomic mass is 16.5. The van der Waals surface area contributed by atoms with E-state index in [1.807, 2.05) is 24.3 Å². The van der Waals surface area contributed by atoms with Crippen molar-refractivity contribution in [2.75, 3.05) is 13.2 Å². The molecule has 0 radical (unpaired) electrons. The molecule has 410 valence electrons. The number of aromatic hydroxyl groups is 3. The van der Waals surface area contributed by atoms with Gasteiger partial charge in [-0.15, -0.1) is 0 Å². The number of aliphatic hydroxyl groups excluding tert-OH is 2. The lowest BCUT2D eigenvalue weighted by Gasteiger charge is -2.59. The lowest BCUT2D eigenvalue weighted by atomic mass is 9.51. The van der Waals surface area contributed by atoms with Gasteiger partial charge in [0.15, 0.2) is 11.5 Å². The molecule has 11 heteroatoms. The molecule has 79 heavy (non-hydrogen) atoms. The van der Waals surface area contributed by atoms with Crippen molar-refractivity contribution in [1.29, 1.82) is 0 Å². The van der Waals surface area contributed by atoms with Crippen LogP contribution in [0.15, 0.2) is 115 Å². The Hall–Kier alpha value is -6.52. The van der Waals surface area contributed by atoms with Crippen LogP contribution in [0.4, 0.5) is 0 Å². The fourth-order valence-electron chi connectivity index (χ4n) is 15.6. The standard InChI is InChI=1S/C68H75N3O8/c69-64-35-46-18-16-42(14-15-43-17-22-60(74)48(28-43)29-44-9-6-11-53(73)30-44)8-7-12-54-36-61(75)47-19-21-55-56(33-47)50(39-72)34-62(76)65(55)78-40-51-32-52(31-49-37-71(38-57(49)51)66(70-64)58(46)41-77-54)68-26-27-79-67(24-4-1-5-25-67)63(68)23-20-45-10-2-3-13-59(45)68/h2-3,6,9-11,13,17,22,28,30-32,34-35,37-38,42,47,54,61,63-64,70,72-76H,1,4-5,7-8,12,14-15,19-21,23-27,29,33,36,39-41,69H2/t42-,47+,54-,61-,63-,64?,68-/m0/s1. The van der Waals surface area contributed by atoms with Crippen molar-refractivity contribution in [2.45, 2.75) is 158 Å². The maximum absolute atomic E-state index is 12.3. The highest BCUT2D eigenvalue weighted by molar-refractivity contribution is 5.89. The van der Waals surface area contributed by atoms with Gasteiger partial charge in [-0.05, 0) is 182 Å². The number of benzene rings is 5. The summed E-state index contributed by atoms with van der Waals surface area (Å²) in [7, 11) is 0. The van der Waals surface area contributed by atoms with Gasteiger partial charge in [0.05, 0.1) is 37.2 Å². The Morgan fingerprint density at radius 1 is 0.785 bits per heavy atom. The fourth-order valence-corrected chi connectivity index (χ4v) is 15.6. The second kappa shape index (κ2) is 21.5. The number of dihydropyridines is 1. The van der Waals surface area contributed by atoms with Gasteiger partial charge in [-0.2, -0.15) is 0 Å². The zero-order valence-corrected chi connectivity index (χ0v) is 45.3. The quantitative estimate of drug-likeness (QED) is 0.0763. The van der Waals surface area contributed by atoms with Crippen LogP contribution in [0.5, 0.6) is 23.0 Å². The van der Waals surface area contributed by atoms with Gasteiger partial charge in [-0.1, -0.05) is 85.7 Å². The van der Waals surface area contributed by atoms with Crippen molar-refractivity contribution < 1.29 is 39.7 Å². The molecule has 5 aliphatic heterocycles. The van der Waals surface area contributed by atoms with E-state index in [1.54, 1.807) is 24.3 Å². The molecular weight excluding hydrogens is 987 g/mol. The zero-order chi connectivity index (χ0) is 53.8. The van der Waals surface area contributed by atoms with Gasteiger partial charge >= 0.3 is 0 Å². The molecule has 14 rings (SSSR count). The highest BCUT2D eigenvalue weighted by Gasteiger charge is 2.58. The first-order chi connectivity index (χ1) is 38.5. The van der Waals surface area contributed by atoms with Crippen LogP contribution in [0.2, 0.25) is 0 Å². The van der Waals surface area contributed by atoms with Crippen molar-refractivity contribution in [3.63, 3.8) is 0 Å². The summed E-state index contributed by atoms with van der Waals surface area (Å²) in [5, 5.41) is 61.7. The van der Waals surface area contributed by atoms with E-state index in [-0.39, 0.29) is 66.0 Å². The monoisotopic (exact) mass is 1060 g/mol. The number of aromatic nitrogens is 1. The van der Waals surface area contributed by atoms with Gasteiger partial charge in [-0.25, -0.2) is 0 Å². The molecule has 1 unspecified atom stereocenters. The number of fused-ring (bicyclic) bond motifs is 7. The smallest absolute Gasteiger partial charge is 0.164 e. The van der Waals surface area contributed by atoms with Crippen LogP contribution in [0.25, 0.3) is 16.6 Å². The molecule has 1 saturated carbocycles. The number of nitrogens with one attached hydrogen (secondary N) is 1. The Bertz CT molecular complexity index is 3420. The summed E-state index contributed by atoms with van der Waals surface area (Å²) in [5.74, 6) is 9.38. The molecular formula is C68H75N3O8. The molecule has 8 N–H and O–H groups in total. The zero-order valence-electron chi connectivity index (χ0n) is 45.3. The van der Waals surface area contributed by atoms with Crippen LogP contribution in [0.3, 0.4) is 0 Å². The molecule has 3 aliphatic carbocycles. The van der Waals surface area contributed by atoms with E-state index in [9.17, 15) is 25.5 Å². The number of aliphatic hydroxyl groups is 2. The van der Waals surface area contributed by atoms with Crippen LogP contribution < -0.4 is 15.8 Å². The summed E-state index contributed by atoms with van der Waals surface area (Å²) in [6.45, 7) is 0.931. The number of phenolic OH excluding ortho intramolecular Hbond substituents is 3. The molecule has 8 aliphatic rings. The summed E-state index contributed by atoms with van der Waals surface area (Å²) >= 11 is 0. The molecule has 1 spiro atoms. The van der Waals surface area contributed by atoms with Crippen molar-refractivity contribution in [3.05, 3.63) is 170 Å². The Kier molecular flexibility index (Phi) is 14.1. The maximum atomic E-state index is 12.3. The van der Waals surface area contributed by atoms with Gasteiger partial charge in [-0.3, -0.25) is 0 Å². The van der Waals surface area contributed by atoms with E-state index in [0.29, 0.717) is 55.9 Å². The lowest BCUT2D eigenvalue weighted by Crippen LogP contribution is -2.59. The molecule has 6 heterocycles. The first-order valence-electron chi connectivity index (χ1n) is 29.4. The van der Waals surface area contributed by atoms with E-state index < -0.39 is 12.3 Å². The Balaban J connectivity index is 0.935. The largest absolute Gasteiger partial charge is 0.508 e. The Morgan fingerprint density at radius 2 is 1.67 bits per heavy atom. The third-order valence-corrected chi connectivity index (χ3v) is 19.5. The van der Waals surface area contributed by atoms with Gasteiger partial charge in [0.25, 0.3) is 0 Å². The topological polar surface area (TPSA) is 172 Å². The van der Waals surface area contributed by atoms with Crippen molar-refractivity contribution >= 4 is 16.6 Å². The molecule has 6 aromatic rings. The number of aryl methyl sites for hydroxylation is 2. The normalized spacial score (nSPS) is 26.4. The van der Waals surface area contributed by atoms with Gasteiger partial charge in [0.2, 0.25) is 0 Å². The number of nitrogens with two attached hydrogens (primary N) is 1. The maximum Gasteiger partial charge on any atom is 0.164 e. The second-order valence-electron chi connectivity index (χ2n) is 24.1. The summed E-state index contributed by atoms with van der Waals surface area (Å²) in [6, 6.07) is 28.7. The molecule has 11 nitrogen and oxygen atoms in total. The molecule has 1 saturated heterocycles. The fraction of sp³-hybridized carbons (Fsp3) is 0.441. The predicted molar refractivity (Wildman–Crippen MR) is 306 cm³/mol. The summed E-state index contributed by atoms with van der Waals surface area (Å²) in [4.78, 5) is 0. The number of nitrogens with zero attached hydrogens (tertiary/aromatic N) is 1. The van der Waals surface area contributed by atoms with Gasteiger partial charge in [0, 0.05) is 70.2 Å². The minimum atomic E-state index is -0.669. The van der Waals surface area contributed by atoms with Crippen molar-refractivity contribution in [2.24, 2.45) is 23.5 Å². The molecule has 7 atom stereocenters. The number of hydrogen-bond donors (Lipinski definition) is 7. The lowest BCUT2D eigenvalue weighted by molar-refractivity contribution is -0.166. The number of phenols is 3. The van der Waals surface area contributed by atoms with Crippen LogP contribution in [-0.4, -0.2) is 67.3 Å². The van der Waals surface area contributed by atoms with Crippen LogP contribution in [-0.2, 0) is 60.2 Å². The average molecular weight is 1060 g/mol. The molecule has 0 amide bonds. The van der Waals surface area contributed by atoms with Crippen molar-refractivity contribution in [3.8, 4) is 34.8 Å². The minimum Gasteiger partial charge on any atom is -0.508 e. The third kappa shape index (κ3) is 9.82. The second-order valence-corrected chi connectivity index (χ2v) is 24.1. The first kappa shape index (κ1) is 51.9. The van der Waals surface area contributed by atoms with Crippen molar-refractivity contribution in [1.82, 2.24) is 9.88 Å². The molecule has 1 aromatic heterocycles. The average Bonchev–Trinajstić information content (AvgIpc) is 4.11. The molecule has 8 bridgehead atoms. The summed E-state index contributed by atoms with van der Waals surface area (Å²) in [5.41, 5.74) is 18.7. The summed E-state index contributed by atoms with van der Waals surface area (Å²) in [6.07, 6.45) is 20.5. The van der Waals surface area contributed by atoms with Gasteiger partial charge < -0.3 is 55.4 Å². The third-order valence-electron chi connectivity index (χ3n) is 19.5. The number of hydrogen-bond acceptors (Lipinski definition) is 10. The van der Waals surface area contributed by atoms with Crippen LogP contribution >= 0.6 is 0 Å². The Labute approximate surface area is 464 Å². The van der Waals surface area contributed by atoms with Crippen LogP contribution in [0.1, 0.15) is 139 Å². The SMILES string of the molecule is NC1C=C2C#C[C@H](CCc3ccc(O)c(Cc4cccc(O)c4)c3)CCC[C@H]3C[C@H](O)[C@@H]4CCc5c(c(CO)cc(O)c5OCc5cc([C@]67CCOC8(CCCCC8)[C@@H]6CCc6ccccc67)cc6cn(cc56)C(=C2CO3)N1)C4. The van der Waals surface area contributed by atoms with E-state index in [0.717, 1.165) is 125 Å². The molecule has 2 fully saturated rings. The predicted octanol–water partition coefficient (Wildman–Crippen LogP) is 11.1. The summed E-state index contributed by atoms with van der Waals surface area (Å²) < 4.78 is 23.3. The number of ether oxygens (including phenoxy) is 3. The van der Waals surface area contributed by atoms with E-state index in [4.69, 9.17) is 19.9 Å². The van der Waals surface area contributed by atoms with E-state index in [1.165, 1.54) is 36.0 Å². The van der Waals surface area contributed by atoms with Gasteiger partial charge in [0.1, 0.15) is 23.9 Å². The first-order valence-corrected chi connectivity index (χ1v) is 29.4. The number of rotatable bonds is 7. The molecule has 5 aromatic carbocycles. The minimum absolute atomic E-state index is 0.0235. The highest BCUT2D eigenvalue weighted by Crippen LogP contribution is 2.60. The van der Waals surface area contributed by atoms with E-state index in [2.05, 4.69) is 76.6 Å². The van der Waals surface area contributed by atoms with Crippen LogP contribution in [0, 0.1) is 29.6 Å².